The van der Waals surface area contributed by atoms with Gasteiger partial charge in [-0.3, -0.25) is 4.79 Å². The first kappa shape index (κ1) is 13.7. The van der Waals surface area contributed by atoms with Crippen molar-refractivity contribution >= 4 is 12.0 Å². The highest BCUT2D eigenvalue weighted by Gasteiger charge is 2.23. The SMILES string of the molecule is CC(C)CNC(=O)[C@H](O)[C@H](C)NC(=O)O. The number of aliphatic hydroxyl groups is 1. The van der Waals surface area contributed by atoms with E-state index in [1.807, 2.05) is 19.2 Å². The zero-order chi connectivity index (χ0) is 12.0. The van der Waals surface area contributed by atoms with E-state index in [0.29, 0.717) is 6.54 Å². The summed E-state index contributed by atoms with van der Waals surface area (Å²) in [5, 5.41) is 22.3. The molecule has 0 aromatic heterocycles. The van der Waals surface area contributed by atoms with Crippen molar-refractivity contribution in [1.29, 1.82) is 0 Å². The molecule has 0 saturated heterocycles. The largest absolute Gasteiger partial charge is 0.465 e. The molecule has 0 aromatic rings. The Labute approximate surface area is 88.7 Å². The molecule has 0 aliphatic carbocycles. The van der Waals surface area contributed by atoms with Gasteiger partial charge in [0.05, 0.1) is 6.04 Å². The van der Waals surface area contributed by atoms with Crippen LogP contribution in [0.5, 0.6) is 0 Å². The van der Waals surface area contributed by atoms with E-state index in [4.69, 9.17) is 5.11 Å². The van der Waals surface area contributed by atoms with Crippen LogP contribution in [0.2, 0.25) is 0 Å². The van der Waals surface area contributed by atoms with Crippen molar-refractivity contribution in [2.24, 2.45) is 5.92 Å². The summed E-state index contributed by atoms with van der Waals surface area (Å²) in [7, 11) is 0. The van der Waals surface area contributed by atoms with E-state index in [1.165, 1.54) is 6.92 Å². The Balaban J connectivity index is 4.01. The molecule has 0 aromatic carbocycles. The fourth-order valence-corrected chi connectivity index (χ4v) is 0.910. The molecular formula is C9H18N2O4. The molecule has 6 heteroatoms. The molecule has 0 radical (unpaired) electrons. The minimum Gasteiger partial charge on any atom is -0.465 e. The highest BCUT2D eigenvalue weighted by atomic mass is 16.4. The molecule has 2 amide bonds. The molecule has 6 nitrogen and oxygen atoms in total. The fourth-order valence-electron chi connectivity index (χ4n) is 0.910. The summed E-state index contributed by atoms with van der Waals surface area (Å²) in [5.41, 5.74) is 0. The summed E-state index contributed by atoms with van der Waals surface area (Å²) < 4.78 is 0. The van der Waals surface area contributed by atoms with E-state index >= 15 is 0 Å². The van der Waals surface area contributed by atoms with E-state index in [9.17, 15) is 14.7 Å². The number of carbonyl (C=O) groups excluding carboxylic acids is 1. The van der Waals surface area contributed by atoms with Crippen LogP contribution in [-0.4, -0.2) is 40.9 Å². The second-order valence-electron chi connectivity index (χ2n) is 3.82. The van der Waals surface area contributed by atoms with Gasteiger partial charge >= 0.3 is 6.09 Å². The predicted octanol–water partition coefficient (Wildman–Crippen LogP) is -0.224. The molecule has 15 heavy (non-hydrogen) atoms. The summed E-state index contributed by atoms with van der Waals surface area (Å²) in [6.07, 6.45) is -2.63. The predicted molar refractivity (Wildman–Crippen MR) is 54.5 cm³/mol. The lowest BCUT2D eigenvalue weighted by Gasteiger charge is -2.18. The Bertz CT molecular complexity index is 230. The molecule has 0 unspecified atom stereocenters. The first-order chi connectivity index (χ1) is 6.84. The standard InChI is InChI=1S/C9H18N2O4/c1-5(2)4-10-8(13)7(12)6(3)11-9(14)15/h5-7,11-12H,4H2,1-3H3,(H,10,13)(H,14,15)/t6-,7+/m0/s1. The van der Waals surface area contributed by atoms with Crippen LogP contribution in [-0.2, 0) is 4.79 Å². The Morgan fingerprint density at radius 1 is 1.27 bits per heavy atom. The van der Waals surface area contributed by atoms with E-state index in [0.717, 1.165) is 0 Å². The van der Waals surface area contributed by atoms with Crippen molar-refractivity contribution in [1.82, 2.24) is 10.6 Å². The summed E-state index contributed by atoms with van der Waals surface area (Å²) in [6, 6.07) is -0.824. The maximum Gasteiger partial charge on any atom is 0.404 e. The van der Waals surface area contributed by atoms with Gasteiger partial charge in [-0.2, -0.15) is 0 Å². The number of hydrogen-bond donors (Lipinski definition) is 4. The van der Waals surface area contributed by atoms with Crippen LogP contribution in [0.3, 0.4) is 0 Å². The van der Waals surface area contributed by atoms with Crippen molar-refractivity contribution < 1.29 is 19.8 Å². The lowest BCUT2D eigenvalue weighted by molar-refractivity contribution is -0.130. The van der Waals surface area contributed by atoms with E-state index in [2.05, 4.69) is 5.32 Å². The van der Waals surface area contributed by atoms with Crippen LogP contribution < -0.4 is 10.6 Å². The van der Waals surface area contributed by atoms with Crippen molar-refractivity contribution in [3.8, 4) is 0 Å². The lowest BCUT2D eigenvalue weighted by Crippen LogP contribution is -2.49. The Hall–Kier alpha value is -1.30. The Kier molecular flexibility index (Phi) is 5.69. The first-order valence-corrected chi connectivity index (χ1v) is 4.79. The van der Waals surface area contributed by atoms with Gasteiger partial charge in [0, 0.05) is 6.54 Å². The lowest BCUT2D eigenvalue weighted by atomic mass is 10.1. The number of aliphatic hydroxyl groups excluding tert-OH is 1. The zero-order valence-corrected chi connectivity index (χ0v) is 9.15. The minimum absolute atomic E-state index is 0.281. The summed E-state index contributed by atoms with van der Waals surface area (Å²) in [6.45, 7) is 5.72. The summed E-state index contributed by atoms with van der Waals surface area (Å²) >= 11 is 0. The zero-order valence-electron chi connectivity index (χ0n) is 9.15. The second kappa shape index (κ2) is 6.23. The van der Waals surface area contributed by atoms with Gasteiger partial charge in [-0.15, -0.1) is 0 Å². The van der Waals surface area contributed by atoms with Crippen molar-refractivity contribution in [3.63, 3.8) is 0 Å². The van der Waals surface area contributed by atoms with Gasteiger partial charge in [-0.05, 0) is 12.8 Å². The Morgan fingerprint density at radius 2 is 1.80 bits per heavy atom. The third-order valence-electron chi connectivity index (χ3n) is 1.78. The molecule has 0 aliphatic rings. The van der Waals surface area contributed by atoms with Gasteiger partial charge in [0.15, 0.2) is 6.10 Å². The second-order valence-corrected chi connectivity index (χ2v) is 3.82. The van der Waals surface area contributed by atoms with Gasteiger partial charge in [-0.1, -0.05) is 13.8 Å². The number of hydrogen-bond acceptors (Lipinski definition) is 3. The van der Waals surface area contributed by atoms with Crippen LogP contribution in [0, 0.1) is 5.92 Å². The maximum atomic E-state index is 11.3. The molecule has 4 N–H and O–H groups in total. The van der Waals surface area contributed by atoms with Gasteiger partial charge in [-0.25, -0.2) is 4.79 Å². The molecule has 0 fully saturated rings. The van der Waals surface area contributed by atoms with Gasteiger partial charge in [0.2, 0.25) is 0 Å². The first-order valence-electron chi connectivity index (χ1n) is 4.79. The third-order valence-corrected chi connectivity index (χ3v) is 1.78. The van der Waals surface area contributed by atoms with Gasteiger partial charge < -0.3 is 20.8 Å². The maximum absolute atomic E-state index is 11.3. The van der Waals surface area contributed by atoms with Crippen LogP contribution in [0.25, 0.3) is 0 Å². The number of carbonyl (C=O) groups is 2. The molecule has 0 bridgehead atoms. The molecular weight excluding hydrogens is 200 g/mol. The molecule has 0 heterocycles. The normalized spacial score (nSPS) is 14.5. The number of carboxylic acid groups (broad SMARTS) is 1. The molecule has 2 atom stereocenters. The van der Waals surface area contributed by atoms with Gasteiger partial charge in [0.1, 0.15) is 0 Å². The number of amides is 2. The van der Waals surface area contributed by atoms with Crippen molar-refractivity contribution in [2.45, 2.75) is 32.9 Å². The quantitative estimate of drug-likeness (QED) is 0.512. The molecule has 0 aliphatic heterocycles. The fraction of sp³-hybridized carbons (Fsp3) is 0.778. The minimum atomic E-state index is -1.36. The van der Waals surface area contributed by atoms with Crippen LogP contribution in [0.1, 0.15) is 20.8 Å². The van der Waals surface area contributed by atoms with Gasteiger partial charge in [0.25, 0.3) is 5.91 Å². The molecule has 0 rings (SSSR count). The number of rotatable bonds is 5. The van der Waals surface area contributed by atoms with Crippen LogP contribution in [0.15, 0.2) is 0 Å². The highest BCUT2D eigenvalue weighted by Crippen LogP contribution is 1.94. The monoisotopic (exact) mass is 218 g/mol. The summed E-state index contributed by atoms with van der Waals surface area (Å²) in [5.74, 6) is -0.283. The molecule has 0 spiro atoms. The average molecular weight is 218 g/mol. The van der Waals surface area contributed by atoms with Crippen LogP contribution in [0.4, 0.5) is 4.79 Å². The van der Waals surface area contributed by atoms with Crippen LogP contribution >= 0.6 is 0 Å². The van der Waals surface area contributed by atoms with Crippen molar-refractivity contribution in [2.75, 3.05) is 6.54 Å². The van der Waals surface area contributed by atoms with Crippen molar-refractivity contribution in [3.05, 3.63) is 0 Å². The topological polar surface area (TPSA) is 98.7 Å². The highest BCUT2D eigenvalue weighted by molar-refractivity contribution is 5.81. The third kappa shape index (κ3) is 5.90. The molecule has 88 valence electrons. The van der Waals surface area contributed by atoms with E-state index in [1.54, 1.807) is 0 Å². The Morgan fingerprint density at radius 3 is 2.20 bits per heavy atom. The molecule has 0 saturated carbocycles. The number of nitrogens with one attached hydrogen (secondary N) is 2. The summed E-state index contributed by atoms with van der Waals surface area (Å²) in [4.78, 5) is 21.5. The average Bonchev–Trinajstić information content (AvgIpc) is 2.11. The smallest absolute Gasteiger partial charge is 0.404 e. The van der Waals surface area contributed by atoms with E-state index in [-0.39, 0.29) is 5.92 Å². The van der Waals surface area contributed by atoms with E-state index < -0.39 is 24.1 Å².